The summed E-state index contributed by atoms with van der Waals surface area (Å²) in [5.74, 6) is -0.288. The van der Waals surface area contributed by atoms with Gasteiger partial charge in [-0.15, -0.1) is 0 Å². The molecule has 1 N–H and O–H groups in total. The number of carbonyl (C=O) groups is 2. The minimum atomic E-state index is -0.831. The van der Waals surface area contributed by atoms with Crippen molar-refractivity contribution < 1.29 is 19.4 Å². The molecule has 1 spiro atoms. The Kier molecular flexibility index (Phi) is 4.47. The van der Waals surface area contributed by atoms with Gasteiger partial charge in [0.25, 0.3) is 0 Å². The maximum atomic E-state index is 11.4. The zero-order valence-corrected chi connectivity index (χ0v) is 11.8. The standard InChI is InChI=1S/C15H21NO4/c1-2-20-13(17)11-12-3-5-15(6-4-12)7-9-16(10-8-15)14(18)19/h3,5,11H,2,4,6-10H2,1H3,(H,18,19). The number of hydrogen-bond donors (Lipinski definition) is 1. The largest absolute Gasteiger partial charge is 0.465 e. The summed E-state index contributed by atoms with van der Waals surface area (Å²) in [7, 11) is 0. The van der Waals surface area contributed by atoms with E-state index in [2.05, 4.69) is 6.08 Å². The van der Waals surface area contributed by atoms with E-state index in [9.17, 15) is 9.59 Å². The molecule has 1 saturated heterocycles. The molecule has 5 nitrogen and oxygen atoms in total. The van der Waals surface area contributed by atoms with Crippen molar-refractivity contribution in [1.82, 2.24) is 4.90 Å². The summed E-state index contributed by atoms with van der Waals surface area (Å²) in [6.07, 6.45) is 8.43. The Labute approximate surface area is 118 Å². The normalized spacial score (nSPS) is 23.1. The third kappa shape index (κ3) is 3.40. The number of carbonyl (C=O) groups excluding carboxylic acids is 1. The molecule has 1 amide bonds. The average Bonchev–Trinajstić information content (AvgIpc) is 2.42. The second kappa shape index (κ2) is 6.11. The summed E-state index contributed by atoms with van der Waals surface area (Å²) < 4.78 is 4.90. The summed E-state index contributed by atoms with van der Waals surface area (Å²) in [6, 6.07) is 0. The second-order valence-corrected chi connectivity index (χ2v) is 5.44. The van der Waals surface area contributed by atoms with Crippen molar-refractivity contribution in [3.05, 3.63) is 23.8 Å². The van der Waals surface area contributed by atoms with Gasteiger partial charge in [0.1, 0.15) is 0 Å². The highest BCUT2D eigenvalue weighted by Gasteiger charge is 2.35. The van der Waals surface area contributed by atoms with Gasteiger partial charge in [-0.2, -0.15) is 0 Å². The minimum Gasteiger partial charge on any atom is -0.465 e. The molecule has 1 aliphatic heterocycles. The quantitative estimate of drug-likeness (QED) is 0.623. The number of amides is 1. The fraction of sp³-hybridized carbons (Fsp3) is 0.600. The van der Waals surface area contributed by atoms with E-state index in [1.165, 1.54) is 4.90 Å². The van der Waals surface area contributed by atoms with Crippen molar-refractivity contribution in [1.29, 1.82) is 0 Å². The van der Waals surface area contributed by atoms with Crippen LogP contribution in [0.4, 0.5) is 4.79 Å². The van der Waals surface area contributed by atoms with Crippen molar-refractivity contribution >= 4 is 12.1 Å². The Balaban J connectivity index is 1.95. The number of nitrogens with zero attached hydrogens (tertiary/aromatic N) is 1. The third-order valence-corrected chi connectivity index (χ3v) is 4.18. The number of likely N-dealkylation sites (tertiary alicyclic amines) is 1. The molecule has 20 heavy (non-hydrogen) atoms. The lowest BCUT2D eigenvalue weighted by atomic mass is 9.71. The van der Waals surface area contributed by atoms with E-state index in [-0.39, 0.29) is 11.4 Å². The van der Waals surface area contributed by atoms with E-state index in [4.69, 9.17) is 9.84 Å². The van der Waals surface area contributed by atoms with Crippen molar-refractivity contribution in [3.8, 4) is 0 Å². The van der Waals surface area contributed by atoms with E-state index in [1.807, 2.05) is 6.08 Å². The predicted octanol–water partition coefficient (Wildman–Crippen LogP) is 2.59. The first-order chi connectivity index (χ1) is 9.54. The van der Waals surface area contributed by atoms with Crippen LogP contribution in [0.5, 0.6) is 0 Å². The molecule has 110 valence electrons. The van der Waals surface area contributed by atoms with Gasteiger partial charge in [-0.05, 0) is 43.6 Å². The van der Waals surface area contributed by atoms with Crippen LogP contribution in [0.3, 0.4) is 0 Å². The molecule has 0 radical (unpaired) electrons. The summed E-state index contributed by atoms with van der Waals surface area (Å²) >= 11 is 0. The van der Waals surface area contributed by atoms with Gasteiger partial charge < -0.3 is 14.7 Å². The summed E-state index contributed by atoms with van der Waals surface area (Å²) in [5, 5.41) is 8.96. The van der Waals surface area contributed by atoms with Crippen LogP contribution in [0.1, 0.15) is 32.6 Å². The molecule has 0 aromatic carbocycles. The first-order valence-electron chi connectivity index (χ1n) is 7.09. The number of piperidine rings is 1. The Morgan fingerprint density at radius 1 is 1.40 bits per heavy atom. The Morgan fingerprint density at radius 2 is 2.10 bits per heavy atom. The number of ether oxygens (including phenoxy) is 1. The number of rotatable bonds is 2. The highest BCUT2D eigenvalue weighted by atomic mass is 16.5. The van der Waals surface area contributed by atoms with E-state index in [1.54, 1.807) is 13.0 Å². The van der Waals surface area contributed by atoms with Gasteiger partial charge in [-0.25, -0.2) is 9.59 Å². The number of hydrogen-bond acceptors (Lipinski definition) is 3. The lowest BCUT2D eigenvalue weighted by Crippen LogP contribution is -2.42. The van der Waals surface area contributed by atoms with Gasteiger partial charge in [0.05, 0.1) is 6.61 Å². The molecule has 5 heteroatoms. The lowest BCUT2D eigenvalue weighted by Gasteiger charge is -2.40. The van der Waals surface area contributed by atoms with E-state index < -0.39 is 6.09 Å². The minimum absolute atomic E-state index is 0.109. The van der Waals surface area contributed by atoms with Crippen LogP contribution in [-0.4, -0.2) is 41.8 Å². The van der Waals surface area contributed by atoms with Crippen LogP contribution < -0.4 is 0 Å². The van der Waals surface area contributed by atoms with Gasteiger partial charge >= 0.3 is 12.1 Å². The molecule has 0 unspecified atom stereocenters. The summed E-state index contributed by atoms with van der Waals surface area (Å²) in [4.78, 5) is 23.8. The Bertz CT molecular complexity index is 445. The first-order valence-corrected chi connectivity index (χ1v) is 7.09. The smallest absolute Gasteiger partial charge is 0.407 e. The second-order valence-electron chi connectivity index (χ2n) is 5.44. The average molecular weight is 279 g/mol. The molecular weight excluding hydrogens is 258 g/mol. The first kappa shape index (κ1) is 14.6. The van der Waals surface area contributed by atoms with Crippen molar-refractivity contribution in [2.24, 2.45) is 5.41 Å². The highest BCUT2D eigenvalue weighted by molar-refractivity contribution is 5.83. The zero-order valence-electron chi connectivity index (χ0n) is 11.8. The van der Waals surface area contributed by atoms with E-state index in [0.29, 0.717) is 19.7 Å². The van der Waals surface area contributed by atoms with E-state index >= 15 is 0 Å². The van der Waals surface area contributed by atoms with Gasteiger partial charge in [-0.1, -0.05) is 12.2 Å². The number of esters is 1. The molecule has 0 bridgehead atoms. The molecule has 2 aliphatic rings. The molecule has 1 aliphatic carbocycles. The van der Waals surface area contributed by atoms with Crippen LogP contribution in [0.2, 0.25) is 0 Å². The van der Waals surface area contributed by atoms with Crippen molar-refractivity contribution in [2.75, 3.05) is 19.7 Å². The van der Waals surface area contributed by atoms with Crippen LogP contribution in [0.15, 0.2) is 23.8 Å². The predicted molar refractivity (Wildman–Crippen MR) is 74.4 cm³/mol. The molecular formula is C15H21NO4. The summed E-state index contributed by atoms with van der Waals surface area (Å²) in [5.41, 5.74) is 1.10. The SMILES string of the molecule is CCOC(=O)C=C1C=CC2(CC1)CCN(C(=O)O)CC2. The highest BCUT2D eigenvalue weighted by Crippen LogP contribution is 2.41. The third-order valence-electron chi connectivity index (χ3n) is 4.18. The van der Waals surface area contributed by atoms with Gasteiger partial charge in [0.15, 0.2) is 0 Å². The molecule has 2 rings (SSSR count). The molecule has 0 saturated carbocycles. The Hall–Kier alpha value is -1.78. The lowest BCUT2D eigenvalue weighted by molar-refractivity contribution is -0.137. The molecule has 0 atom stereocenters. The maximum absolute atomic E-state index is 11.4. The van der Waals surface area contributed by atoms with E-state index in [0.717, 1.165) is 31.3 Å². The molecule has 0 aromatic heterocycles. The number of carboxylic acid groups (broad SMARTS) is 1. The summed E-state index contributed by atoms with van der Waals surface area (Å²) in [6.45, 7) is 3.37. The van der Waals surface area contributed by atoms with Crippen LogP contribution in [0, 0.1) is 5.41 Å². The number of allylic oxidation sites excluding steroid dienone is 3. The Morgan fingerprint density at radius 3 is 2.60 bits per heavy atom. The van der Waals surface area contributed by atoms with Crippen LogP contribution >= 0.6 is 0 Å². The zero-order chi connectivity index (χ0) is 14.6. The fourth-order valence-electron chi connectivity index (χ4n) is 2.86. The monoisotopic (exact) mass is 279 g/mol. The van der Waals surface area contributed by atoms with Gasteiger partial charge in [-0.3, -0.25) is 0 Å². The maximum Gasteiger partial charge on any atom is 0.407 e. The topological polar surface area (TPSA) is 66.8 Å². The molecule has 1 heterocycles. The van der Waals surface area contributed by atoms with Crippen molar-refractivity contribution in [2.45, 2.75) is 32.6 Å². The van der Waals surface area contributed by atoms with Crippen LogP contribution in [0.25, 0.3) is 0 Å². The molecule has 1 fully saturated rings. The van der Waals surface area contributed by atoms with Crippen molar-refractivity contribution in [3.63, 3.8) is 0 Å². The van der Waals surface area contributed by atoms with Gasteiger partial charge in [0.2, 0.25) is 0 Å². The van der Waals surface area contributed by atoms with Crippen LogP contribution in [-0.2, 0) is 9.53 Å². The molecule has 0 aromatic rings. The fourth-order valence-corrected chi connectivity index (χ4v) is 2.86. The van der Waals surface area contributed by atoms with Gasteiger partial charge in [0, 0.05) is 19.2 Å².